The second-order valence-corrected chi connectivity index (χ2v) is 8.36. The Balaban J connectivity index is 1.64. The van der Waals surface area contributed by atoms with E-state index < -0.39 is 6.10 Å². The molecule has 0 fully saturated rings. The summed E-state index contributed by atoms with van der Waals surface area (Å²) in [4.78, 5) is 8.80. The molecule has 4 aromatic rings. The van der Waals surface area contributed by atoms with Crippen molar-refractivity contribution in [3.8, 4) is 17.2 Å². The van der Waals surface area contributed by atoms with Gasteiger partial charge >= 0.3 is 0 Å². The smallest absolute Gasteiger partial charge is 0.226 e. The summed E-state index contributed by atoms with van der Waals surface area (Å²) in [6.07, 6.45) is 4.63. The standard InChI is InChI=1S/C25H20ClN5O3/c1-32-16-6-7-17(20(11-16)33-2)24-21-22(18-10-15(26)5-8-19(18)34-24)30-25-28-13-29-31(25)23(21)14-4-3-9-27-12-14/h3-13,23-24H,1-2H3,(H,28,29,30). The fourth-order valence-corrected chi connectivity index (χ4v) is 4.77. The van der Waals surface area contributed by atoms with Crippen molar-refractivity contribution >= 4 is 23.2 Å². The highest BCUT2D eigenvalue weighted by Crippen LogP contribution is 2.52. The molecule has 4 heterocycles. The molecule has 0 amide bonds. The largest absolute Gasteiger partial charge is 0.497 e. The molecule has 2 aliphatic heterocycles. The van der Waals surface area contributed by atoms with Crippen LogP contribution in [0.3, 0.4) is 0 Å². The molecule has 2 atom stereocenters. The maximum Gasteiger partial charge on any atom is 0.226 e. The van der Waals surface area contributed by atoms with Gasteiger partial charge in [0.2, 0.25) is 5.95 Å². The zero-order valence-corrected chi connectivity index (χ0v) is 19.2. The number of ether oxygens (including phenoxy) is 3. The summed E-state index contributed by atoms with van der Waals surface area (Å²) in [5.41, 5.74) is 4.49. The molecular formula is C25H20ClN5O3. The number of hydrogen-bond donors (Lipinski definition) is 1. The minimum absolute atomic E-state index is 0.314. The second kappa shape index (κ2) is 8.07. The number of benzene rings is 2. The first kappa shape index (κ1) is 20.6. The molecule has 0 radical (unpaired) electrons. The highest BCUT2D eigenvalue weighted by atomic mass is 35.5. The lowest BCUT2D eigenvalue weighted by molar-refractivity contribution is 0.217. The van der Waals surface area contributed by atoms with Crippen molar-refractivity contribution in [1.82, 2.24) is 19.7 Å². The van der Waals surface area contributed by atoms with E-state index in [-0.39, 0.29) is 6.04 Å². The molecule has 8 nitrogen and oxygen atoms in total. The summed E-state index contributed by atoms with van der Waals surface area (Å²) in [6, 6.07) is 14.9. The van der Waals surface area contributed by atoms with Gasteiger partial charge < -0.3 is 19.5 Å². The lowest BCUT2D eigenvalue weighted by atomic mass is 9.85. The summed E-state index contributed by atoms with van der Waals surface area (Å²) in [5.74, 6) is 2.68. The Labute approximate surface area is 200 Å². The maximum atomic E-state index is 6.64. The molecule has 6 rings (SSSR count). The monoisotopic (exact) mass is 473 g/mol. The van der Waals surface area contributed by atoms with E-state index in [4.69, 9.17) is 25.8 Å². The quantitative estimate of drug-likeness (QED) is 0.451. The second-order valence-electron chi connectivity index (χ2n) is 7.92. The van der Waals surface area contributed by atoms with Crippen molar-refractivity contribution in [3.05, 3.63) is 94.5 Å². The average molecular weight is 474 g/mol. The molecule has 0 saturated carbocycles. The highest BCUT2D eigenvalue weighted by Gasteiger charge is 2.42. The van der Waals surface area contributed by atoms with Crippen LogP contribution < -0.4 is 19.5 Å². The van der Waals surface area contributed by atoms with E-state index in [1.165, 1.54) is 6.33 Å². The molecule has 2 unspecified atom stereocenters. The summed E-state index contributed by atoms with van der Waals surface area (Å²) >= 11 is 6.39. The normalized spacial score (nSPS) is 18.2. The topological polar surface area (TPSA) is 83.3 Å². The Morgan fingerprint density at radius 3 is 2.79 bits per heavy atom. The van der Waals surface area contributed by atoms with E-state index in [0.29, 0.717) is 28.2 Å². The SMILES string of the molecule is COc1ccc(C2Oc3ccc(Cl)cc3C3=C2C(c2cccnc2)n2ncnc2N3)c(OC)c1. The Bertz CT molecular complexity index is 1420. The van der Waals surface area contributed by atoms with Crippen molar-refractivity contribution in [2.75, 3.05) is 19.5 Å². The van der Waals surface area contributed by atoms with Gasteiger partial charge in [-0.3, -0.25) is 4.98 Å². The van der Waals surface area contributed by atoms with Crippen molar-refractivity contribution in [3.63, 3.8) is 0 Å². The number of pyridine rings is 1. The van der Waals surface area contributed by atoms with E-state index in [2.05, 4.69) is 20.4 Å². The van der Waals surface area contributed by atoms with Crippen LogP contribution in [0.5, 0.6) is 17.2 Å². The number of nitrogens with one attached hydrogen (secondary N) is 1. The number of aromatic nitrogens is 4. The molecule has 0 spiro atoms. The van der Waals surface area contributed by atoms with Crippen LogP contribution in [-0.2, 0) is 0 Å². The van der Waals surface area contributed by atoms with Gasteiger partial charge in [0.25, 0.3) is 0 Å². The van der Waals surface area contributed by atoms with Crippen molar-refractivity contribution in [2.45, 2.75) is 12.1 Å². The summed E-state index contributed by atoms with van der Waals surface area (Å²) in [6.45, 7) is 0. The predicted octanol–water partition coefficient (Wildman–Crippen LogP) is 4.90. The van der Waals surface area contributed by atoms with Gasteiger partial charge in [0, 0.05) is 40.2 Å². The fourth-order valence-electron chi connectivity index (χ4n) is 4.59. The first-order valence-corrected chi connectivity index (χ1v) is 11.0. The number of nitrogens with zero attached hydrogens (tertiary/aromatic N) is 4. The van der Waals surface area contributed by atoms with Crippen molar-refractivity contribution in [1.29, 1.82) is 0 Å². The molecule has 170 valence electrons. The van der Waals surface area contributed by atoms with Crippen LogP contribution in [0.1, 0.15) is 28.8 Å². The van der Waals surface area contributed by atoms with E-state index >= 15 is 0 Å². The van der Waals surface area contributed by atoms with Crippen molar-refractivity contribution < 1.29 is 14.2 Å². The van der Waals surface area contributed by atoms with Crippen LogP contribution >= 0.6 is 11.6 Å². The first-order chi connectivity index (χ1) is 16.7. The Hall–Kier alpha value is -4.04. The molecule has 9 heteroatoms. The molecule has 34 heavy (non-hydrogen) atoms. The maximum absolute atomic E-state index is 6.64. The van der Waals surface area contributed by atoms with E-state index in [1.54, 1.807) is 20.4 Å². The van der Waals surface area contributed by atoms with Gasteiger partial charge in [-0.1, -0.05) is 17.7 Å². The summed E-state index contributed by atoms with van der Waals surface area (Å²) in [5, 5.41) is 8.60. The molecule has 2 aromatic carbocycles. The zero-order valence-electron chi connectivity index (χ0n) is 18.4. The number of anilines is 1. The third-order valence-corrected chi connectivity index (χ3v) is 6.33. The third-order valence-electron chi connectivity index (χ3n) is 6.10. The van der Waals surface area contributed by atoms with E-state index in [1.807, 2.05) is 59.4 Å². The van der Waals surface area contributed by atoms with E-state index in [0.717, 1.165) is 28.0 Å². The summed E-state index contributed by atoms with van der Waals surface area (Å²) < 4.78 is 19.7. The van der Waals surface area contributed by atoms with Gasteiger partial charge in [0.15, 0.2) is 6.10 Å². The third kappa shape index (κ3) is 3.18. The van der Waals surface area contributed by atoms with Crippen LogP contribution in [0.15, 0.2) is 72.8 Å². The Morgan fingerprint density at radius 1 is 1.09 bits per heavy atom. The van der Waals surface area contributed by atoms with E-state index in [9.17, 15) is 0 Å². The molecule has 0 saturated heterocycles. The number of fused-ring (bicyclic) bond motifs is 3. The molecule has 0 bridgehead atoms. The number of methoxy groups -OCH3 is 2. The van der Waals surface area contributed by atoms with Crippen LogP contribution in [-0.4, -0.2) is 34.0 Å². The van der Waals surface area contributed by atoms with Crippen LogP contribution in [0, 0.1) is 0 Å². The summed E-state index contributed by atoms with van der Waals surface area (Å²) in [7, 11) is 3.26. The Morgan fingerprint density at radius 2 is 2.00 bits per heavy atom. The van der Waals surface area contributed by atoms with Crippen LogP contribution in [0.4, 0.5) is 5.95 Å². The predicted molar refractivity (Wildman–Crippen MR) is 127 cm³/mol. The molecule has 2 aliphatic rings. The zero-order chi connectivity index (χ0) is 23.2. The molecule has 0 aliphatic carbocycles. The molecule has 2 aromatic heterocycles. The lowest BCUT2D eigenvalue weighted by Crippen LogP contribution is -2.32. The molecular weight excluding hydrogens is 454 g/mol. The van der Waals surface area contributed by atoms with Gasteiger partial charge in [-0.05, 0) is 42.0 Å². The highest BCUT2D eigenvalue weighted by molar-refractivity contribution is 6.30. The molecule has 1 N–H and O–H groups in total. The first-order valence-electron chi connectivity index (χ1n) is 10.7. The lowest BCUT2D eigenvalue weighted by Gasteiger charge is -2.39. The average Bonchev–Trinajstić information content (AvgIpc) is 3.35. The van der Waals surface area contributed by atoms with Gasteiger partial charge in [-0.15, -0.1) is 0 Å². The number of hydrogen-bond acceptors (Lipinski definition) is 7. The van der Waals surface area contributed by atoms with Crippen LogP contribution in [0.25, 0.3) is 5.70 Å². The van der Waals surface area contributed by atoms with Gasteiger partial charge in [0.05, 0.1) is 19.9 Å². The number of rotatable bonds is 4. The van der Waals surface area contributed by atoms with Crippen molar-refractivity contribution in [2.24, 2.45) is 0 Å². The fraction of sp³-hybridized carbons (Fsp3) is 0.160. The minimum Gasteiger partial charge on any atom is -0.497 e. The Kier molecular flexibility index (Phi) is 4.88. The number of halogens is 1. The minimum atomic E-state index is -0.486. The van der Waals surface area contributed by atoms with Crippen LogP contribution in [0.2, 0.25) is 5.02 Å². The van der Waals surface area contributed by atoms with Gasteiger partial charge in [-0.25, -0.2) is 4.68 Å². The van der Waals surface area contributed by atoms with Gasteiger partial charge in [0.1, 0.15) is 29.6 Å². The van der Waals surface area contributed by atoms with Gasteiger partial charge in [-0.2, -0.15) is 10.1 Å².